The van der Waals surface area contributed by atoms with Crippen molar-refractivity contribution in [3.63, 3.8) is 0 Å². The van der Waals surface area contributed by atoms with E-state index in [1.54, 1.807) is 31.5 Å². The summed E-state index contributed by atoms with van der Waals surface area (Å²) in [7, 11) is 0. The van der Waals surface area contributed by atoms with E-state index in [4.69, 9.17) is 4.52 Å². The highest BCUT2D eigenvalue weighted by molar-refractivity contribution is 5.94. The highest BCUT2D eigenvalue weighted by Crippen LogP contribution is 2.39. The highest BCUT2D eigenvalue weighted by atomic mass is 16.5. The van der Waals surface area contributed by atoms with E-state index in [9.17, 15) is 4.79 Å². The Kier molecular flexibility index (Phi) is 4.01. The quantitative estimate of drug-likeness (QED) is 0.736. The van der Waals surface area contributed by atoms with E-state index in [-0.39, 0.29) is 17.7 Å². The largest absolute Gasteiger partial charge is 0.339 e. The summed E-state index contributed by atoms with van der Waals surface area (Å²) >= 11 is 0. The summed E-state index contributed by atoms with van der Waals surface area (Å²) in [5.41, 5.74) is 1.82. The molecule has 0 bridgehead atoms. The molecule has 0 spiro atoms. The molecule has 1 saturated heterocycles. The molecule has 0 saturated carbocycles. The van der Waals surface area contributed by atoms with Gasteiger partial charge in [-0.2, -0.15) is 4.98 Å². The number of likely N-dealkylation sites (tertiary alicyclic amines) is 1. The maximum Gasteiger partial charge on any atom is 0.254 e. The Hall–Kier alpha value is -3.02. The number of amides is 1. The van der Waals surface area contributed by atoms with Crippen molar-refractivity contribution in [2.75, 3.05) is 13.1 Å². The van der Waals surface area contributed by atoms with E-state index in [1.807, 2.05) is 23.1 Å². The summed E-state index contributed by atoms with van der Waals surface area (Å²) in [5.74, 6) is 1.33. The van der Waals surface area contributed by atoms with E-state index in [0.29, 0.717) is 30.4 Å². The highest BCUT2D eigenvalue weighted by Gasteiger charge is 2.40. The normalized spacial score (nSPS) is 20.0. The second-order valence-corrected chi connectivity index (χ2v) is 6.25. The van der Waals surface area contributed by atoms with E-state index in [0.717, 1.165) is 0 Å². The summed E-state index contributed by atoms with van der Waals surface area (Å²) in [6.07, 6.45) is 3.27. The zero-order valence-electron chi connectivity index (χ0n) is 13.9. The maximum absolute atomic E-state index is 12.8. The number of carbonyl (C=O) groups is 1. The minimum absolute atomic E-state index is 0.00192. The van der Waals surface area contributed by atoms with E-state index < -0.39 is 0 Å². The second kappa shape index (κ2) is 6.47. The Morgan fingerprint density at radius 2 is 1.80 bits per heavy atom. The molecule has 25 heavy (non-hydrogen) atoms. The molecule has 0 N–H and O–H groups in total. The van der Waals surface area contributed by atoms with Crippen molar-refractivity contribution in [3.05, 3.63) is 77.7 Å². The zero-order chi connectivity index (χ0) is 17.2. The predicted octanol–water partition coefficient (Wildman–Crippen LogP) is 2.80. The first-order valence-electron chi connectivity index (χ1n) is 8.27. The van der Waals surface area contributed by atoms with Gasteiger partial charge in [0.05, 0.1) is 5.92 Å². The smallest absolute Gasteiger partial charge is 0.254 e. The van der Waals surface area contributed by atoms with Crippen LogP contribution in [-0.2, 0) is 0 Å². The fourth-order valence-electron chi connectivity index (χ4n) is 3.40. The number of pyridine rings is 1. The summed E-state index contributed by atoms with van der Waals surface area (Å²) < 4.78 is 5.42. The summed E-state index contributed by atoms with van der Waals surface area (Å²) in [6, 6.07) is 13.7. The lowest BCUT2D eigenvalue weighted by Gasteiger charge is -2.16. The van der Waals surface area contributed by atoms with Gasteiger partial charge in [0.2, 0.25) is 5.89 Å². The van der Waals surface area contributed by atoms with Crippen molar-refractivity contribution in [1.82, 2.24) is 20.0 Å². The molecule has 6 heteroatoms. The number of aromatic nitrogens is 3. The van der Waals surface area contributed by atoms with Crippen molar-refractivity contribution in [2.24, 2.45) is 0 Å². The first kappa shape index (κ1) is 15.5. The van der Waals surface area contributed by atoms with Crippen LogP contribution in [-0.4, -0.2) is 39.0 Å². The third kappa shape index (κ3) is 3.03. The van der Waals surface area contributed by atoms with Gasteiger partial charge in [-0.25, -0.2) is 0 Å². The molecule has 2 atom stereocenters. The SMILES string of the molecule is Cc1noc([C@H]2CN(C(=O)c3ccncc3)C[C@@H]2c2ccccc2)n1. The van der Waals surface area contributed by atoms with Gasteiger partial charge >= 0.3 is 0 Å². The summed E-state index contributed by atoms with van der Waals surface area (Å²) in [4.78, 5) is 23.1. The Bertz CT molecular complexity index is 863. The average molecular weight is 334 g/mol. The van der Waals surface area contributed by atoms with Gasteiger partial charge in [-0.1, -0.05) is 35.5 Å². The fourth-order valence-corrected chi connectivity index (χ4v) is 3.40. The molecule has 3 aromatic rings. The number of aryl methyl sites for hydroxylation is 1. The van der Waals surface area contributed by atoms with Crippen LogP contribution in [0, 0.1) is 6.92 Å². The molecule has 0 unspecified atom stereocenters. The van der Waals surface area contributed by atoms with Gasteiger partial charge in [0, 0.05) is 37.0 Å². The molecule has 1 aromatic carbocycles. The fraction of sp³-hybridized carbons (Fsp3) is 0.263. The monoisotopic (exact) mass is 334 g/mol. The number of hydrogen-bond acceptors (Lipinski definition) is 5. The maximum atomic E-state index is 12.8. The van der Waals surface area contributed by atoms with Crippen molar-refractivity contribution in [3.8, 4) is 0 Å². The third-order valence-electron chi connectivity index (χ3n) is 4.62. The van der Waals surface area contributed by atoms with Crippen LogP contribution >= 0.6 is 0 Å². The lowest BCUT2D eigenvalue weighted by Crippen LogP contribution is -2.28. The third-order valence-corrected chi connectivity index (χ3v) is 4.62. The average Bonchev–Trinajstić information content (AvgIpc) is 3.29. The molecule has 1 aliphatic heterocycles. The molecule has 0 aliphatic carbocycles. The Morgan fingerprint density at radius 3 is 2.48 bits per heavy atom. The van der Waals surface area contributed by atoms with Crippen molar-refractivity contribution in [1.29, 1.82) is 0 Å². The standard InChI is InChI=1S/C19H18N4O2/c1-13-21-18(25-22-13)17-12-23(19(24)15-7-9-20-10-8-15)11-16(17)14-5-3-2-4-6-14/h2-10,16-17H,11-12H2,1H3/t16-,17+/m1/s1. The summed E-state index contributed by atoms with van der Waals surface area (Å²) in [6.45, 7) is 2.99. The molecule has 2 aromatic heterocycles. The van der Waals surface area contributed by atoms with Gasteiger partial charge in [0.1, 0.15) is 0 Å². The minimum atomic E-state index is -0.00520. The molecule has 1 amide bonds. The topological polar surface area (TPSA) is 72.1 Å². The molecular formula is C19H18N4O2. The Morgan fingerprint density at radius 1 is 1.08 bits per heavy atom. The van der Waals surface area contributed by atoms with Crippen molar-refractivity contribution >= 4 is 5.91 Å². The molecule has 4 rings (SSSR count). The van der Waals surface area contributed by atoms with Gasteiger partial charge in [-0.3, -0.25) is 9.78 Å². The molecule has 1 fully saturated rings. The first-order chi connectivity index (χ1) is 12.2. The molecule has 6 nitrogen and oxygen atoms in total. The lowest BCUT2D eigenvalue weighted by molar-refractivity contribution is 0.0788. The molecular weight excluding hydrogens is 316 g/mol. The van der Waals surface area contributed by atoms with Gasteiger partial charge in [-0.05, 0) is 24.6 Å². The number of nitrogens with zero attached hydrogens (tertiary/aromatic N) is 4. The Labute approximate surface area is 145 Å². The van der Waals surface area contributed by atoms with Crippen LogP contribution in [0.25, 0.3) is 0 Å². The van der Waals surface area contributed by atoms with Crippen LogP contribution in [0.3, 0.4) is 0 Å². The number of hydrogen-bond donors (Lipinski definition) is 0. The van der Waals surface area contributed by atoms with Crippen molar-refractivity contribution in [2.45, 2.75) is 18.8 Å². The number of benzene rings is 1. The molecule has 126 valence electrons. The molecule has 1 aliphatic rings. The zero-order valence-corrected chi connectivity index (χ0v) is 13.9. The van der Waals surface area contributed by atoms with Crippen LogP contribution in [0.4, 0.5) is 0 Å². The van der Waals surface area contributed by atoms with Crippen molar-refractivity contribution < 1.29 is 9.32 Å². The number of carbonyl (C=O) groups excluding carboxylic acids is 1. The second-order valence-electron chi connectivity index (χ2n) is 6.25. The van der Waals surface area contributed by atoms with Crippen LogP contribution in [0.15, 0.2) is 59.4 Å². The summed E-state index contributed by atoms with van der Waals surface area (Å²) in [5, 5.41) is 3.92. The van der Waals surface area contributed by atoms with Crippen LogP contribution in [0.2, 0.25) is 0 Å². The van der Waals surface area contributed by atoms with E-state index in [1.165, 1.54) is 5.56 Å². The Balaban J connectivity index is 1.66. The van der Waals surface area contributed by atoms with Gasteiger partial charge < -0.3 is 9.42 Å². The van der Waals surface area contributed by atoms with Crippen LogP contribution < -0.4 is 0 Å². The van der Waals surface area contributed by atoms with Crippen LogP contribution in [0.5, 0.6) is 0 Å². The van der Waals surface area contributed by atoms with Gasteiger partial charge in [0.25, 0.3) is 5.91 Å². The number of rotatable bonds is 3. The van der Waals surface area contributed by atoms with E-state index >= 15 is 0 Å². The molecule has 3 heterocycles. The minimum Gasteiger partial charge on any atom is -0.339 e. The molecule has 0 radical (unpaired) electrons. The predicted molar refractivity (Wildman–Crippen MR) is 91.1 cm³/mol. The first-order valence-corrected chi connectivity index (χ1v) is 8.27. The van der Waals surface area contributed by atoms with Gasteiger partial charge in [-0.15, -0.1) is 0 Å². The lowest BCUT2D eigenvalue weighted by atomic mass is 9.89. The van der Waals surface area contributed by atoms with Crippen LogP contribution in [0.1, 0.15) is 39.5 Å². The van der Waals surface area contributed by atoms with E-state index in [2.05, 4.69) is 27.3 Å². The van der Waals surface area contributed by atoms with Gasteiger partial charge in [0.15, 0.2) is 5.82 Å².